The van der Waals surface area contributed by atoms with Crippen molar-refractivity contribution in [3.63, 3.8) is 0 Å². The average Bonchev–Trinajstić information content (AvgIpc) is 3.60. The Morgan fingerprint density at radius 2 is 0.866 bits per heavy atom. The minimum Gasteiger partial charge on any atom is -0.468 e. The van der Waals surface area contributed by atoms with Crippen LogP contribution >= 0.6 is 58.0 Å². The van der Waals surface area contributed by atoms with Crippen molar-refractivity contribution in [3.05, 3.63) is 169 Å². The molecule has 0 spiro atoms. The van der Waals surface area contributed by atoms with Gasteiger partial charge in [0.15, 0.2) is 17.2 Å². The number of rotatable bonds is 18. The number of nitrogens with one attached hydrogen (secondary N) is 1. The highest BCUT2D eigenvalue weighted by Gasteiger charge is 2.37. The van der Waals surface area contributed by atoms with Gasteiger partial charge in [0.05, 0.1) is 85.0 Å². The first-order valence-corrected chi connectivity index (χ1v) is 24.1. The van der Waals surface area contributed by atoms with Gasteiger partial charge < -0.3 is 50.9 Å². The number of benzene rings is 6. The van der Waals surface area contributed by atoms with E-state index in [1.165, 1.54) is 55.6 Å². The Labute approximate surface area is 483 Å². The molecular formula is C49H39Cl5F5N7O16. The van der Waals surface area contributed by atoms with E-state index in [4.69, 9.17) is 89.4 Å². The zero-order valence-electron chi connectivity index (χ0n) is 41.8. The van der Waals surface area contributed by atoms with Crippen LogP contribution in [0.25, 0.3) is 0 Å². The Balaban J connectivity index is 0.000000265. The lowest BCUT2D eigenvalue weighted by Gasteiger charge is -2.17. The summed E-state index contributed by atoms with van der Waals surface area (Å²) in [6.07, 6.45) is -9.99. The lowest BCUT2D eigenvalue weighted by atomic mass is 10.0. The quantitative estimate of drug-likeness (QED) is 0.0155. The van der Waals surface area contributed by atoms with E-state index in [2.05, 4.69) is 19.5 Å². The Morgan fingerprint density at radius 1 is 0.537 bits per heavy atom. The van der Waals surface area contributed by atoms with Crippen LogP contribution < -0.4 is 36.7 Å². The number of hydrogen-bond donors (Lipinski definition) is 4. The number of methoxy groups -OCH3 is 3. The lowest BCUT2D eigenvalue weighted by Crippen LogP contribution is -2.30. The van der Waals surface area contributed by atoms with Gasteiger partial charge in [-0.15, -0.1) is 0 Å². The Bertz CT molecular complexity index is 3390. The number of amides is 1. The summed E-state index contributed by atoms with van der Waals surface area (Å²) in [4.78, 5) is 76.1. The van der Waals surface area contributed by atoms with Gasteiger partial charge in [-0.3, -0.25) is 39.9 Å². The van der Waals surface area contributed by atoms with Crippen molar-refractivity contribution in [2.45, 2.75) is 31.4 Å². The molecule has 436 valence electrons. The molecule has 6 aromatic rings. The molecule has 0 aliphatic heterocycles. The summed E-state index contributed by atoms with van der Waals surface area (Å²) in [5.41, 5.74) is 13.9. The highest BCUT2D eigenvalue weighted by atomic mass is 35.5. The van der Waals surface area contributed by atoms with Crippen LogP contribution in [0.2, 0.25) is 25.1 Å². The molecule has 0 aliphatic rings. The molecular weight excluding hydrogens is 1210 g/mol. The van der Waals surface area contributed by atoms with Gasteiger partial charge in [-0.05, 0) is 83.9 Å². The Kier molecular flexibility index (Phi) is 23.4. The van der Waals surface area contributed by atoms with Gasteiger partial charge in [-0.2, -0.15) is 13.2 Å². The van der Waals surface area contributed by atoms with Crippen LogP contribution in [-0.2, 0) is 47.6 Å². The van der Waals surface area contributed by atoms with E-state index in [1.54, 1.807) is 0 Å². The van der Waals surface area contributed by atoms with Crippen molar-refractivity contribution in [2.75, 3.05) is 45.1 Å². The molecule has 82 heavy (non-hydrogen) atoms. The predicted molar refractivity (Wildman–Crippen MR) is 288 cm³/mol. The molecule has 0 bridgehead atoms. The van der Waals surface area contributed by atoms with Crippen molar-refractivity contribution >= 4 is 116 Å². The van der Waals surface area contributed by atoms with Gasteiger partial charge >= 0.3 is 24.1 Å². The van der Waals surface area contributed by atoms with Crippen molar-refractivity contribution in [3.8, 4) is 34.5 Å². The normalized spacial score (nSPS) is 11.4. The molecule has 0 aromatic heterocycles. The van der Waals surface area contributed by atoms with Crippen LogP contribution in [0.15, 0.2) is 91.0 Å². The highest BCUT2D eigenvalue weighted by Crippen LogP contribution is 2.45. The minimum atomic E-state index is -4.95. The number of anilines is 3. The van der Waals surface area contributed by atoms with Crippen LogP contribution in [0.4, 0.5) is 56.1 Å². The molecule has 6 aromatic carbocycles. The predicted octanol–water partition coefficient (Wildman–Crippen LogP) is 12.2. The molecule has 33 heteroatoms. The molecule has 2 atom stereocenters. The first kappa shape index (κ1) is 65.8. The van der Waals surface area contributed by atoms with E-state index in [0.29, 0.717) is 11.6 Å². The Hall–Kier alpha value is -8.70. The molecule has 0 fully saturated rings. The number of ether oxygens (including phenoxy) is 6. The van der Waals surface area contributed by atoms with Gasteiger partial charge in [-0.25, -0.2) is 18.4 Å². The van der Waals surface area contributed by atoms with Gasteiger partial charge in [0.25, 0.3) is 23.0 Å². The zero-order valence-corrected chi connectivity index (χ0v) is 45.6. The summed E-state index contributed by atoms with van der Waals surface area (Å²) >= 11 is 30.3. The van der Waals surface area contributed by atoms with E-state index in [-0.39, 0.29) is 101 Å². The third kappa shape index (κ3) is 18.2. The van der Waals surface area contributed by atoms with Crippen molar-refractivity contribution in [2.24, 2.45) is 0 Å². The van der Waals surface area contributed by atoms with Crippen LogP contribution in [-0.4, -0.2) is 78.8 Å². The third-order valence-corrected chi connectivity index (χ3v) is 11.8. The number of esters is 3. The molecule has 1 amide bonds. The summed E-state index contributed by atoms with van der Waals surface area (Å²) in [5.74, 6) is -4.41. The van der Waals surface area contributed by atoms with Crippen molar-refractivity contribution in [1.82, 2.24) is 5.32 Å². The topological polar surface area (TPSA) is 343 Å². The number of carbonyl (C=O) groups excluding carboxylic acids is 4. The van der Waals surface area contributed by atoms with E-state index in [1.807, 2.05) is 0 Å². The summed E-state index contributed by atoms with van der Waals surface area (Å²) in [6, 6.07) is 17.6. The molecule has 0 aliphatic carbocycles. The summed E-state index contributed by atoms with van der Waals surface area (Å²) < 4.78 is 97.0. The fraction of sp³-hybridized carbons (Fsp3) is 0.184. The second-order valence-electron chi connectivity index (χ2n) is 16.0. The molecule has 23 nitrogen and oxygen atoms in total. The monoisotopic (exact) mass is 1250 g/mol. The SMILES string of the molecule is COC(=O)C(F)Cc1cc(Cl)c(Oc2ccc(N)c([N+](=O)[O-])c2)c(C(F)(F)F)c1.COC(=O)C(F)Cc1cc(Cl)c(Oc2ccc(N)c([N+](=O)[O-])c2)c(Cl)c1.COC(=O)CNC(=O)c1cc(Cl)c(Oc2ccc(N)c([N+](=O)[O-])c2)c(Cl)c1. The molecule has 0 saturated carbocycles. The standard InChI is InChI=1S/C17H13ClF4N2O5.C16H13Cl2FN2O5.C16H13Cl2N3O6/c1-28-16(25)12(19)6-8-4-10(17(20,21)22)15(11(18)5-8)29-9-2-3-13(23)14(7-9)24(26)27;1-25-16(22)12(19)6-8-4-10(17)15(11(18)5-8)26-9-2-3-13(20)14(7-9)21(23)24;1-26-14(22)7-20-16(23)8-4-10(17)15(11(18)5-8)27-9-2-3-12(19)13(6-9)21(24)25/h2-5,7,12H,6,23H2,1H3;2-5,7,12H,6,20H2,1H3;2-6H,7,19H2,1H3,(H,20,23). The summed E-state index contributed by atoms with van der Waals surface area (Å²) in [6.45, 7) is -0.322. The van der Waals surface area contributed by atoms with E-state index >= 15 is 0 Å². The fourth-order valence-corrected chi connectivity index (χ4v) is 7.90. The van der Waals surface area contributed by atoms with Crippen molar-refractivity contribution < 1.29 is 84.3 Å². The van der Waals surface area contributed by atoms with Gasteiger partial charge in [0.1, 0.15) is 40.9 Å². The van der Waals surface area contributed by atoms with Crippen LogP contribution in [0.1, 0.15) is 27.0 Å². The number of halogens is 10. The van der Waals surface area contributed by atoms with Crippen LogP contribution in [0.5, 0.6) is 34.5 Å². The zero-order chi connectivity index (χ0) is 61.5. The van der Waals surface area contributed by atoms with E-state index in [9.17, 15) is 71.5 Å². The molecule has 7 N–H and O–H groups in total. The van der Waals surface area contributed by atoms with Crippen LogP contribution in [0, 0.1) is 30.3 Å². The number of hydrogen-bond acceptors (Lipinski definition) is 19. The number of nitrogens with zero attached hydrogens (tertiary/aromatic N) is 3. The average molecular weight is 1250 g/mol. The number of carbonyl (C=O) groups is 4. The molecule has 0 heterocycles. The molecule has 0 saturated heterocycles. The van der Waals surface area contributed by atoms with Crippen LogP contribution in [0.3, 0.4) is 0 Å². The second kappa shape index (κ2) is 29.1. The third-order valence-electron chi connectivity index (χ3n) is 10.3. The minimum absolute atomic E-state index is 0.00178. The number of nitro groups is 3. The maximum atomic E-state index is 13.7. The maximum Gasteiger partial charge on any atom is 0.420 e. The lowest BCUT2D eigenvalue weighted by molar-refractivity contribution is -0.384. The maximum absolute atomic E-state index is 13.7. The molecule has 2 unspecified atom stereocenters. The molecule has 0 radical (unpaired) electrons. The highest BCUT2D eigenvalue weighted by molar-refractivity contribution is 6.38. The number of nitro benzene ring substituents is 3. The first-order valence-electron chi connectivity index (χ1n) is 22.2. The molecule has 6 rings (SSSR count). The van der Waals surface area contributed by atoms with Gasteiger partial charge in [0, 0.05) is 18.4 Å². The first-order chi connectivity index (χ1) is 38.4. The van der Waals surface area contributed by atoms with Gasteiger partial charge in [0.2, 0.25) is 12.3 Å². The fourth-order valence-electron chi connectivity index (χ4n) is 6.45. The van der Waals surface area contributed by atoms with Gasteiger partial charge in [-0.1, -0.05) is 58.0 Å². The number of alkyl halides is 5. The summed E-state index contributed by atoms with van der Waals surface area (Å²) in [7, 11) is 3.21. The second-order valence-corrected chi connectivity index (χ2v) is 18.0. The number of nitrogens with two attached hydrogens (primary N) is 3. The van der Waals surface area contributed by atoms with Crippen molar-refractivity contribution in [1.29, 1.82) is 0 Å². The summed E-state index contributed by atoms with van der Waals surface area (Å²) in [5, 5.41) is 34.7. The Morgan fingerprint density at radius 3 is 1.20 bits per heavy atom. The van der Waals surface area contributed by atoms with E-state index < -0.39 is 85.5 Å². The number of nitrogen functional groups attached to an aromatic ring is 3. The van der Waals surface area contributed by atoms with E-state index in [0.717, 1.165) is 50.6 Å². The smallest absolute Gasteiger partial charge is 0.420 e. The largest absolute Gasteiger partial charge is 0.468 e.